The normalized spacial score (nSPS) is 10.7. The third-order valence-corrected chi connectivity index (χ3v) is 2.40. The molecule has 1 aromatic rings. The predicted octanol–water partition coefficient (Wildman–Crippen LogP) is 3.15. The zero-order chi connectivity index (χ0) is 7.40. The van der Waals surface area contributed by atoms with Crippen LogP contribution in [-0.2, 0) is 6.42 Å². The minimum atomic E-state index is 0.585. The van der Waals surface area contributed by atoms with Gasteiger partial charge in [0.25, 0.3) is 0 Å². The van der Waals surface area contributed by atoms with Gasteiger partial charge in [-0.2, -0.15) is 0 Å². The SMILES string of the molecule is [CH2]C(C)CCc1cccs1. The summed E-state index contributed by atoms with van der Waals surface area (Å²) in [4.78, 5) is 1.48. The Hall–Kier alpha value is -0.300. The van der Waals surface area contributed by atoms with Crippen molar-refractivity contribution in [1.82, 2.24) is 0 Å². The summed E-state index contributed by atoms with van der Waals surface area (Å²) < 4.78 is 0. The van der Waals surface area contributed by atoms with E-state index < -0.39 is 0 Å². The van der Waals surface area contributed by atoms with Gasteiger partial charge in [-0.05, 0) is 30.2 Å². The maximum atomic E-state index is 3.94. The first kappa shape index (κ1) is 7.80. The van der Waals surface area contributed by atoms with Crippen molar-refractivity contribution >= 4 is 11.3 Å². The van der Waals surface area contributed by atoms with Gasteiger partial charge in [-0.3, -0.25) is 0 Å². The van der Waals surface area contributed by atoms with Crippen molar-refractivity contribution in [2.24, 2.45) is 5.92 Å². The summed E-state index contributed by atoms with van der Waals surface area (Å²) in [5, 5.41) is 2.13. The van der Waals surface area contributed by atoms with Gasteiger partial charge in [0.15, 0.2) is 0 Å². The molecular weight excluding hydrogens is 140 g/mol. The zero-order valence-corrected chi connectivity index (χ0v) is 7.16. The second kappa shape index (κ2) is 3.77. The molecule has 1 atom stereocenters. The maximum absolute atomic E-state index is 3.94. The van der Waals surface area contributed by atoms with E-state index in [1.54, 1.807) is 0 Å². The molecular formula is C9H13S. The average Bonchev–Trinajstić information content (AvgIpc) is 2.34. The van der Waals surface area contributed by atoms with Gasteiger partial charge in [-0.25, -0.2) is 0 Å². The summed E-state index contributed by atoms with van der Waals surface area (Å²) in [5.74, 6) is 0.585. The van der Waals surface area contributed by atoms with Gasteiger partial charge >= 0.3 is 0 Å². The van der Waals surface area contributed by atoms with E-state index in [0.717, 1.165) is 0 Å². The molecule has 0 saturated heterocycles. The molecule has 1 rings (SSSR count). The van der Waals surface area contributed by atoms with Crippen LogP contribution in [0.4, 0.5) is 0 Å². The van der Waals surface area contributed by atoms with E-state index in [1.165, 1.54) is 17.7 Å². The van der Waals surface area contributed by atoms with Crippen molar-refractivity contribution in [3.8, 4) is 0 Å². The second-order valence-corrected chi connectivity index (χ2v) is 3.76. The van der Waals surface area contributed by atoms with Crippen LogP contribution in [0.15, 0.2) is 17.5 Å². The van der Waals surface area contributed by atoms with Crippen LogP contribution >= 0.6 is 11.3 Å². The summed E-state index contributed by atoms with van der Waals surface area (Å²) in [6.45, 7) is 6.10. The number of thiophene rings is 1. The van der Waals surface area contributed by atoms with Crippen LogP contribution in [0.2, 0.25) is 0 Å². The molecule has 0 bridgehead atoms. The van der Waals surface area contributed by atoms with Gasteiger partial charge in [0.05, 0.1) is 0 Å². The lowest BCUT2D eigenvalue weighted by atomic mass is 10.1. The molecule has 0 amide bonds. The van der Waals surface area contributed by atoms with Crippen LogP contribution in [0.25, 0.3) is 0 Å². The fourth-order valence-electron chi connectivity index (χ4n) is 0.843. The Balaban J connectivity index is 2.28. The van der Waals surface area contributed by atoms with E-state index in [4.69, 9.17) is 0 Å². The Morgan fingerprint density at radius 3 is 3.00 bits per heavy atom. The van der Waals surface area contributed by atoms with E-state index in [0.29, 0.717) is 5.92 Å². The summed E-state index contributed by atoms with van der Waals surface area (Å²) in [5.41, 5.74) is 0. The minimum Gasteiger partial charge on any atom is -0.149 e. The predicted molar refractivity (Wildman–Crippen MR) is 47.2 cm³/mol. The third-order valence-electron chi connectivity index (χ3n) is 1.46. The van der Waals surface area contributed by atoms with Crippen LogP contribution < -0.4 is 0 Å². The molecule has 1 unspecified atom stereocenters. The molecule has 0 aliphatic rings. The molecule has 0 N–H and O–H groups in total. The Bertz CT molecular complexity index is 163. The van der Waals surface area contributed by atoms with Crippen LogP contribution in [0.5, 0.6) is 0 Å². The van der Waals surface area contributed by atoms with Gasteiger partial charge in [0, 0.05) is 4.88 Å². The molecule has 10 heavy (non-hydrogen) atoms. The smallest absolute Gasteiger partial charge is 0.00453 e. The maximum Gasteiger partial charge on any atom is 0.00453 e. The first-order valence-electron chi connectivity index (χ1n) is 3.64. The van der Waals surface area contributed by atoms with Crippen LogP contribution in [0, 0.1) is 12.8 Å². The van der Waals surface area contributed by atoms with Crippen molar-refractivity contribution in [2.45, 2.75) is 19.8 Å². The molecule has 0 spiro atoms. The fraction of sp³-hybridized carbons (Fsp3) is 0.444. The van der Waals surface area contributed by atoms with Crippen molar-refractivity contribution in [3.05, 3.63) is 29.3 Å². The quantitative estimate of drug-likeness (QED) is 0.625. The first-order chi connectivity index (χ1) is 4.79. The van der Waals surface area contributed by atoms with Crippen molar-refractivity contribution in [3.63, 3.8) is 0 Å². The Morgan fingerprint density at radius 2 is 2.50 bits per heavy atom. The van der Waals surface area contributed by atoms with Gasteiger partial charge in [0.2, 0.25) is 0 Å². The lowest BCUT2D eigenvalue weighted by Gasteiger charge is -2.00. The monoisotopic (exact) mass is 153 g/mol. The molecule has 0 aliphatic heterocycles. The Morgan fingerprint density at radius 1 is 1.70 bits per heavy atom. The van der Waals surface area contributed by atoms with Gasteiger partial charge < -0.3 is 0 Å². The lowest BCUT2D eigenvalue weighted by molar-refractivity contribution is 0.648. The standard InChI is InChI=1S/C9H13S/c1-8(2)5-6-9-4-3-7-10-9/h3-4,7-8H,1,5-6H2,2H3. The van der Waals surface area contributed by atoms with Crippen LogP contribution in [0.3, 0.4) is 0 Å². The van der Waals surface area contributed by atoms with Gasteiger partial charge in [0.1, 0.15) is 0 Å². The fourth-order valence-corrected chi connectivity index (χ4v) is 1.57. The van der Waals surface area contributed by atoms with Gasteiger partial charge in [-0.15, -0.1) is 11.3 Å². The van der Waals surface area contributed by atoms with E-state index in [2.05, 4.69) is 31.4 Å². The number of rotatable bonds is 3. The van der Waals surface area contributed by atoms with Gasteiger partial charge in [-0.1, -0.05) is 19.9 Å². The topological polar surface area (TPSA) is 0 Å². The van der Waals surface area contributed by atoms with Crippen molar-refractivity contribution in [1.29, 1.82) is 0 Å². The highest BCUT2D eigenvalue weighted by Gasteiger charge is 1.96. The molecule has 0 nitrogen and oxygen atoms in total. The number of aryl methyl sites for hydroxylation is 1. The highest BCUT2D eigenvalue weighted by molar-refractivity contribution is 7.09. The van der Waals surface area contributed by atoms with Crippen LogP contribution in [0.1, 0.15) is 18.2 Å². The number of hydrogen-bond acceptors (Lipinski definition) is 1. The highest BCUT2D eigenvalue weighted by atomic mass is 32.1. The Kier molecular flexibility index (Phi) is 2.94. The Labute approximate surface area is 66.9 Å². The molecule has 0 aromatic carbocycles. The van der Waals surface area contributed by atoms with E-state index in [9.17, 15) is 0 Å². The summed E-state index contributed by atoms with van der Waals surface area (Å²) in [7, 11) is 0. The van der Waals surface area contributed by atoms with E-state index >= 15 is 0 Å². The molecule has 0 aliphatic carbocycles. The van der Waals surface area contributed by atoms with Crippen LogP contribution in [-0.4, -0.2) is 0 Å². The molecule has 0 fully saturated rings. The average molecular weight is 153 g/mol. The van der Waals surface area contributed by atoms with Crippen molar-refractivity contribution in [2.75, 3.05) is 0 Å². The largest absolute Gasteiger partial charge is 0.149 e. The lowest BCUT2D eigenvalue weighted by Crippen LogP contribution is -1.89. The molecule has 0 saturated carbocycles. The molecule has 1 heteroatoms. The summed E-state index contributed by atoms with van der Waals surface area (Å²) in [6, 6.07) is 4.29. The highest BCUT2D eigenvalue weighted by Crippen LogP contribution is 2.13. The first-order valence-corrected chi connectivity index (χ1v) is 4.52. The molecule has 55 valence electrons. The summed E-state index contributed by atoms with van der Waals surface area (Å²) >= 11 is 1.84. The number of hydrogen-bond donors (Lipinski definition) is 0. The van der Waals surface area contributed by atoms with E-state index in [-0.39, 0.29) is 0 Å². The molecule has 1 aromatic heterocycles. The van der Waals surface area contributed by atoms with Crippen molar-refractivity contribution < 1.29 is 0 Å². The minimum absolute atomic E-state index is 0.585. The third kappa shape index (κ3) is 2.53. The van der Waals surface area contributed by atoms with E-state index in [1.807, 2.05) is 11.3 Å². The molecule has 1 heterocycles. The second-order valence-electron chi connectivity index (χ2n) is 2.72. The molecule has 1 radical (unpaired) electrons. The zero-order valence-electron chi connectivity index (χ0n) is 6.34. The summed E-state index contributed by atoms with van der Waals surface area (Å²) in [6.07, 6.45) is 2.41.